The second-order valence-electron chi connectivity index (χ2n) is 5.25. The van der Waals surface area contributed by atoms with Gasteiger partial charge in [-0.15, -0.1) is 0 Å². The summed E-state index contributed by atoms with van der Waals surface area (Å²) in [6.07, 6.45) is 1.78. The summed E-state index contributed by atoms with van der Waals surface area (Å²) in [4.78, 5) is 26.3. The molecule has 0 radical (unpaired) electrons. The molecule has 102 valence electrons. The number of aliphatic carboxylic acids is 1. The lowest BCUT2D eigenvalue weighted by Crippen LogP contribution is -2.58. The van der Waals surface area contributed by atoms with Gasteiger partial charge < -0.3 is 20.0 Å². The van der Waals surface area contributed by atoms with Crippen LogP contribution in [0.15, 0.2) is 0 Å². The molecule has 2 rings (SSSR count). The number of urea groups is 1. The first-order valence-corrected chi connectivity index (χ1v) is 6.43. The molecule has 2 amide bonds. The molecule has 2 unspecified atom stereocenters. The number of nitrogens with zero attached hydrogens (tertiary/aromatic N) is 2. The normalized spacial score (nSPS) is 26.0. The van der Waals surface area contributed by atoms with Crippen LogP contribution in [0, 0.1) is 11.8 Å². The van der Waals surface area contributed by atoms with Crippen molar-refractivity contribution < 1.29 is 19.8 Å². The average molecular weight is 256 g/mol. The van der Waals surface area contributed by atoms with Gasteiger partial charge in [-0.3, -0.25) is 4.79 Å². The Morgan fingerprint density at radius 1 is 1.39 bits per heavy atom. The van der Waals surface area contributed by atoms with Gasteiger partial charge in [-0.2, -0.15) is 0 Å². The molecule has 6 heteroatoms. The van der Waals surface area contributed by atoms with Gasteiger partial charge in [-0.1, -0.05) is 6.92 Å². The van der Waals surface area contributed by atoms with Crippen LogP contribution >= 0.6 is 0 Å². The van der Waals surface area contributed by atoms with Crippen molar-refractivity contribution in [3.63, 3.8) is 0 Å². The summed E-state index contributed by atoms with van der Waals surface area (Å²) < 4.78 is 0. The third kappa shape index (κ3) is 2.29. The maximum atomic E-state index is 12.1. The van der Waals surface area contributed by atoms with E-state index in [2.05, 4.69) is 0 Å². The second kappa shape index (κ2) is 5.14. The number of carboxylic acid groups (broad SMARTS) is 1. The lowest BCUT2D eigenvalue weighted by Gasteiger charge is -2.43. The molecule has 0 aromatic carbocycles. The van der Waals surface area contributed by atoms with Gasteiger partial charge in [0.2, 0.25) is 0 Å². The van der Waals surface area contributed by atoms with E-state index >= 15 is 0 Å². The lowest BCUT2D eigenvalue weighted by atomic mass is 9.87. The van der Waals surface area contributed by atoms with Crippen LogP contribution in [0.25, 0.3) is 0 Å². The first kappa shape index (κ1) is 13.1. The SMILES string of the molecule is CC(C(=O)O)C1CN(C(=O)N2CCCC2CO)C1. The number of carboxylic acids is 1. The molecule has 2 N–H and O–H groups in total. The van der Waals surface area contributed by atoms with Gasteiger partial charge in [0.1, 0.15) is 0 Å². The summed E-state index contributed by atoms with van der Waals surface area (Å²) in [6.45, 7) is 3.41. The fourth-order valence-corrected chi connectivity index (χ4v) is 2.65. The number of rotatable bonds is 3. The highest BCUT2D eigenvalue weighted by Gasteiger charge is 2.40. The predicted molar refractivity (Wildman–Crippen MR) is 64.1 cm³/mol. The monoisotopic (exact) mass is 256 g/mol. The standard InChI is InChI=1S/C12H20N2O4/c1-8(11(16)17)9-5-13(6-9)12(18)14-4-2-3-10(14)7-15/h8-10,15H,2-7H2,1H3,(H,16,17). The van der Waals surface area contributed by atoms with E-state index in [1.807, 2.05) is 0 Å². The van der Waals surface area contributed by atoms with E-state index in [9.17, 15) is 14.7 Å². The zero-order valence-corrected chi connectivity index (χ0v) is 10.6. The van der Waals surface area contributed by atoms with Crippen molar-refractivity contribution in [2.24, 2.45) is 11.8 Å². The van der Waals surface area contributed by atoms with E-state index in [4.69, 9.17) is 5.11 Å². The van der Waals surface area contributed by atoms with Gasteiger partial charge in [0.25, 0.3) is 0 Å². The maximum absolute atomic E-state index is 12.1. The van der Waals surface area contributed by atoms with Crippen LogP contribution in [0.5, 0.6) is 0 Å². The Bertz CT molecular complexity index is 341. The molecular formula is C12H20N2O4. The first-order valence-electron chi connectivity index (χ1n) is 6.43. The number of aliphatic hydroxyl groups excluding tert-OH is 1. The fraction of sp³-hybridized carbons (Fsp3) is 0.833. The molecule has 2 atom stereocenters. The van der Waals surface area contributed by atoms with Crippen molar-refractivity contribution in [1.82, 2.24) is 9.80 Å². The Kier molecular flexibility index (Phi) is 3.75. The molecule has 2 fully saturated rings. The van der Waals surface area contributed by atoms with Crippen molar-refractivity contribution in [3.05, 3.63) is 0 Å². The third-order valence-corrected chi connectivity index (χ3v) is 4.11. The smallest absolute Gasteiger partial charge is 0.320 e. The van der Waals surface area contributed by atoms with Crippen molar-refractivity contribution in [2.75, 3.05) is 26.2 Å². The Hall–Kier alpha value is -1.30. The molecule has 0 aliphatic carbocycles. The molecule has 6 nitrogen and oxygen atoms in total. The van der Waals surface area contributed by atoms with Crippen LogP contribution in [0.2, 0.25) is 0 Å². The maximum Gasteiger partial charge on any atom is 0.320 e. The van der Waals surface area contributed by atoms with Crippen molar-refractivity contribution in [1.29, 1.82) is 0 Å². The van der Waals surface area contributed by atoms with Gasteiger partial charge in [0, 0.05) is 25.6 Å². The summed E-state index contributed by atoms with van der Waals surface area (Å²) in [7, 11) is 0. The minimum atomic E-state index is -0.804. The van der Waals surface area contributed by atoms with Crippen LogP contribution in [0.4, 0.5) is 4.79 Å². The van der Waals surface area contributed by atoms with E-state index in [0.29, 0.717) is 19.6 Å². The summed E-state index contributed by atoms with van der Waals surface area (Å²) in [6, 6.07) is -0.117. The summed E-state index contributed by atoms with van der Waals surface area (Å²) in [5, 5.41) is 18.1. The zero-order chi connectivity index (χ0) is 13.3. The molecule has 0 bridgehead atoms. The minimum absolute atomic E-state index is 0.00847. The van der Waals surface area contributed by atoms with Crippen LogP contribution in [-0.2, 0) is 4.79 Å². The third-order valence-electron chi connectivity index (χ3n) is 4.11. The highest BCUT2D eigenvalue weighted by atomic mass is 16.4. The van der Waals surface area contributed by atoms with Crippen molar-refractivity contribution in [2.45, 2.75) is 25.8 Å². The minimum Gasteiger partial charge on any atom is -0.481 e. The number of hydrogen-bond acceptors (Lipinski definition) is 3. The average Bonchev–Trinajstić information content (AvgIpc) is 2.74. The van der Waals surface area contributed by atoms with E-state index in [0.717, 1.165) is 12.8 Å². The fourth-order valence-electron chi connectivity index (χ4n) is 2.65. The van der Waals surface area contributed by atoms with Crippen LogP contribution in [-0.4, -0.2) is 64.3 Å². The number of aliphatic hydroxyl groups is 1. The van der Waals surface area contributed by atoms with Crippen LogP contribution in [0.3, 0.4) is 0 Å². The van der Waals surface area contributed by atoms with Crippen LogP contribution in [0.1, 0.15) is 19.8 Å². The molecule has 0 aromatic heterocycles. The van der Waals surface area contributed by atoms with Gasteiger partial charge in [0.15, 0.2) is 0 Å². The topological polar surface area (TPSA) is 81.1 Å². The zero-order valence-electron chi connectivity index (χ0n) is 10.6. The van der Waals surface area contributed by atoms with Crippen LogP contribution < -0.4 is 0 Å². The Morgan fingerprint density at radius 2 is 2.06 bits per heavy atom. The quantitative estimate of drug-likeness (QED) is 0.756. The number of carbonyl (C=O) groups is 2. The van der Waals surface area contributed by atoms with E-state index in [-0.39, 0.29) is 24.6 Å². The van der Waals surface area contributed by atoms with Gasteiger partial charge in [-0.05, 0) is 12.8 Å². The lowest BCUT2D eigenvalue weighted by molar-refractivity contribution is -0.144. The van der Waals surface area contributed by atoms with Gasteiger partial charge in [0.05, 0.1) is 18.6 Å². The number of amides is 2. The summed E-state index contributed by atoms with van der Waals surface area (Å²) >= 11 is 0. The first-order chi connectivity index (χ1) is 8.54. The molecule has 0 aromatic rings. The Balaban J connectivity index is 1.85. The molecule has 0 spiro atoms. The molecular weight excluding hydrogens is 236 g/mol. The molecule has 2 aliphatic heterocycles. The summed E-state index contributed by atoms with van der Waals surface area (Å²) in [5.74, 6) is -1.15. The number of likely N-dealkylation sites (tertiary alicyclic amines) is 2. The molecule has 2 aliphatic rings. The van der Waals surface area contributed by atoms with Gasteiger partial charge in [-0.25, -0.2) is 4.79 Å². The molecule has 2 saturated heterocycles. The Morgan fingerprint density at radius 3 is 2.61 bits per heavy atom. The number of carbonyl (C=O) groups excluding carboxylic acids is 1. The van der Waals surface area contributed by atoms with E-state index in [1.54, 1.807) is 16.7 Å². The van der Waals surface area contributed by atoms with Crippen molar-refractivity contribution in [3.8, 4) is 0 Å². The summed E-state index contributed by atoms with van der Waals surface area (Å²) in [5.41, 5.74) is 0. The largest absolute Gasteiger partial charge is 0.481 e. The van der Waals surface area contributed by atoms with Gasteiger partial charge >= 0.3 is 12.0 Å². The highest BCUT2D eigenvalue weighted by Crippen LogP contribution is 2.27. The van der Waals surface area contributed by atoms with Crippen molar-refractivity contribution >= 4 is 12.0 Å². The molecule has 18 heavy (non-hydrogen) atoms. The van der Waals surface area contributed by atoms with E-state index < -0.39 is 11.9 Å². The second-order valence-corrected chi connectivity index (χ2v) is 5.25. The molecule has 2 heterocycles. The highest BCUT2D eigenvalue weighted by molar-refractivity contribution is 5.77. The Labute approximate surface area is 106 Å². The van der Waals surface area contributed by atoms with E-state index in [1.165, 1.54) is 0 Å². The number of hydrogen-bond donors (Lipinski definition) is 2. The predicted octanol–water partition coefficient (Wildman–Crippen LogP) is 0.216. The molecule has 0 saturated carbocycles.